The Labute approximate surface area is 155 Å². The summed E-state index contributed by atoms with van der Waals surface area (Å²) in [5, 5.41) is 0. The number of rotatable bonds is 4. The second-order valence-corrected chi connectivity index (χ2v) is 9.42. The van der Waals surface area contributed by atoms with Crippen LogP contribution in [0.3, 0.4) is 0 Å². The van der Waals surface area contributed by atoms with Crippen LogP contribution in [-0.2, 0) is 27.6 Å². The van der Waals surface area contributed by atoms with Gasteiger partial charge in [-0.15, -0.1) is 0 Å². The molecule has 7 heteroatoms. The Morgan fingerprint density at radius 2 is 1.96 bits per heavy atom. The highest BCUT2D eigenvalue weighted by Gasteiger charge is 2.38. The molecule has 0 bridgehead atoms. The van der Waals surface area contributed by atoms with Crippen LogP contribution in [0.5, 0.6) is 5.75 Å². The van der Waals surface area contributed by atoms with Gasteiger partial charge in [0.1, 0.15) is 5.75 Å². The summed E-state index contributed by atoms with van der Waals surface area (Å²) in [6.45, 7) is 4.39. The SMILES string of the molecule is COc1ccc(S(=O)(=O)N[C@H]2C[C@H]3CO[C@@H](C)CN3C2)c2c1CCCC2. The molecule has 0 radical (unpaired) electrons. The van der Waals surface area contributed by atoms with Gasteiger partial charge in [-0.05, 0) is 62.3 Å². The predicted octanol–water partition coefficient (Wildman–Crippen LogP) is 1.71. The smallest absolute Gasteiger partial charge is 0.241 e. The van der Waals surface area contributed by atoms with Crippen molar-refractivity contribution < 1.29 is 17.9 Å². The minimum Gasteiger partial charge on any atom is -0.496 e. The van der Waals surface area contributed by atoms with E-state index in [9.17, 15) is 8.42 Å². The number of nitrogens with zero attached hydrogens (tertiary/aromatic N) is 1. The van der Waals surface area contributed by atoms with E-state index in [0.29, 0.717) is 17.5 Å². The molecule has 6 nitrogen and oxygen atoms in total. The lowest BCUT2D eigenvalue weighted by Crippen LogP contribution is -2.45. The molecule has 4 rings (SSSR count). The van der Waals surface area contributed by atoms with E-state index in [1.165, 1.54) is 0 Å². The van der Waals surface area contributed by atoms with E-state index < -0.39 is 10.0 Å². The minimum absolute atomic E-state index is 0.0553. The maximum absolute atomic E-state index is 13.1. The molecule has 1 N–H and O–H groups in total. The van der Waals surface area contributed by atoms with Gasteiger partial charge in [-0.3, -0.25) is 4.90 Å². The van der Waals surface area contributed by atoms with Crippen molar-refractivity contribution >= 4 is 10.0 Å². The Morgan fingerprint density at radius 1 is 1.19 bits per heavy atom. The van der Waals surface area contributed by atoms with Gasteiger partial charge >= 0.3 is 0 Å². The first-order valence-corrected chi connectivity index (χ1v) is 11.0. The largest absolute Gasteiger partial charge is 0.496 e. The van der Waals surface area contributed by atoms with E-state index >= 15 is 0 Å². The summed E-state index contributed by atoms with van der Waals surface area (Å²) in [6.07, 6.45) is 4.82. The maximum Gasteiger partial charge on any atom is 0.241 e. The van der Waals surface area contributed by atoms with Crippen molar-refractivity contribution in [3.05, 3.63) is 23.3 Å². The third-order valence-electron chi connectivity index (χ3n) is 5.87. The fraction of sp³-hybridized carbons (Fsp3) is 0.684. The highest BCUT2D eigenvalue weighted by molar-refractivity contribution is 7.89. The van der Waals surface area contributed by atoms with E-state index in [0.717, 1.165) is 62.1 Å². The van der Waals surface area contributed by atoms with Crippen LogP contribution in [0.2, 0.25) is 0 Å². The standard InChI is InChI=1S/C19H28N2O4S/c1-13-10-21-11-14(9-15(21)12-25-13)20-26(22,23)19-8-7-18(24-2)16-5-3-4-6-17(16)19/h7-8,13-15,20H,3-6,9-12H2,1-2H3/t13-,14-,15-/m0/s1. The molecule has 2 saturated heterocycles. The average Bonchev–Trinajstić information content (AvgIpc) is 3.01. The van der Waals surface area contributed by atoms with Crippen molar-refractivity contribution in [3.8, 4) is 5.75 Å². The van der Waals surface area contributed by atoms with Gasteiger partial charge in [0.25, 0.3) is 0 Å². The van der Waals surface area contributed by atoms with E-state index in [2.05, 4.69) is 16.5 Å². The lowest BCUT2D eigenvalue weighted by Gasteiger charge is -2.33. The molecule has 3 aliphatic rings. The summed E-state index contributed by atoms with van der Waals surface area (Å²) in [5.74, 6) is 0.808. The number of morpholine rings is 1. The van der Waals surface area contributed by atoms with Crippen LogP contribution < -0.4 is 9.46 Å². The maximum atomic E-state index is 13.1. The van der Waals surface area contributed by atoms with Crippen LogP contribution in [0.4, 0.5) is 0 Å². The topological polar surface area (TPSA) is 67.9 Å². The van der Waals surface area contributed by atoms with Crippen LogP contribution in [-0.4, -0.2) is 58.3 Å². The number of hydrogen-bond donors (Lipinski definition) is 1. The zero-order valence-electron chi connectivity index (χ0n) is 15.5. The van der Waals surface area contributed by atoms with Gasteiger partial charge in [0.2, 0.25) is 10.0 Å². The number of ether oxygens (including phenoxy) is 2. The Hall–Kier alpha value is -1.15. The third kappa shape index (κ3) is 3.38. The molecule has 1 aromatic carbocycles. The molecule has 1 aliphatic carbocycles. The minimum atomic E-state index is -3.54. The summed E-state index contributed by atoms with van der Waals surface area (Å²) >= 11 is 0. The monoisotopic (exact) mass is 380 g/mol. The molecule has 0 spiro atoms. The van der Waals surface area contributed by atoms with Gasteiger partial charge in [-0.2, -0.15) is 0 Å². The number of nitrogens with one attached hydrogen (secondary N) is 1. The summed E-state index contributed by atoms with van der Waals surface area (Å²) < 4.78 is 40.4. The van der Waals surface area contributed by atoms with Crippen LogP contribution in [0, 0.1) is 0 Å². The lowest BCUT2D eigenvalue weighted by molar-refractivity contribution is -0.0390. The van der Waals surface area contributed by atoms with E-state index in [-0.39, 0.29) is 12.1 Å². The number of hydrogen-bond acceptors (Lipinski definition) is 5. The van der Waals surface area contributed by atoms with Crippen molar-refractivity contribution in [1.82, 2.24) is 9.62 Å². The molecule has 2 fully saturated rings. The number of sulfonamides is 1. The molecule has 3 atom stereocenters. The van der Waals surface area contributed by atoms with E-state index in [4.69, 9.17) is 9.47 Å². The molecule has 144 valence electrons. The van der Waals surface area contributed by atoms with Crippen LogP contribution >= 0.6 is 0 Å². The van der Waals surface area contributed by atoms with E-state index in [1.54, 1.807) is 19.2 Å². The molecule has 26 heavy (non-hydrogen) atoms. The van der Waals surface area contributed by atoms with Gasteiger partial charge in [0.15, 0.2) is 0 Å². The summed E-state index contributed by atoms with van der Waals surface area (Å²) in [5.41, 5.74) is 2.00. The Bertz CT molecular complexity index is 780. The molecule has 2 heterocycles. The Balaban J connectivity index is 1.56. The third-order valence-corrected chi connectivity index (χ3v) is 7.48. The van der Waals surface area contributed by atoms with Crippen molar-refractivity contribution in [2.45, 2.75) is 62.1 Å². The first-order valence-electron chi connectivity index (χ1n) is 9.54. The fourth-order valence-corrected chi connectivity index (χ4v) is 6.19. The second-order valence-electron chi connectivity index (χ2n) is 7.74. The van der Waals surface area contributed by atoms with Gasteiger partial charge in [-0.25, -0.2) is 13.1 Å². The molecule has 0 amide bonds. The number of methoxy groups -OCH3 is 1. The van der Waals surface area contributed by atoms with Crippen molar-refractivity contribution in [2.24, 2.45) is 0 Å². The first kappa shape index (κ1) is 18.2. The molecule has 0 unspecified atom stereocenters. The first-order chi connectivity index (χ1) is 12.5. The van der Waals surface area contributed by atoms with Gasteiger partial charge in [0, 0.05) is 25.2 Å². The zero-order chi connectivity index (χ0) is 18.3. The normalized spacial score (nSPS) is 29.2. The Morgan fingerprint density at radius 3 is 2.73 bits per heavy atom. The summed E-state index contributed by atoms with van der Waals surface area (Å²) in [6, 6.07) is 3.77. The van der Waals surface area contributed by atoms with Crippen LogP contribution in [0.25, 0.3) is 0 Å². The molecule has 1 aromatic rings. The lowest BCUT2D eigenvalue weighted by atomic mass is 9.91. The average molecular weight is 381 g/mol. The van der Waals surface area contributed by atoms with Gasteiger partial charge < -0.3 is 9.47 Å². The number of fused-ring (bicyclic) bond motifs is 2. The molecule has 0 aromatic heterocycles. The molecule has 0 saturated carbocycles. The van der Waals surface area contributed by atoms with Crippen LogP contribution in [0.1, 0.15) is 37.3 Å². The fourth-order valence-electron chi connectivity index (χ4n) is 4.65. The number of benzene rings is 1. The quantitative estimate of drug-likeness (QED) is 0.861. The predicted molar refractivity (Wildman–Crippen MR) is 99.1 cm³/mol. The highest BCUT2D eigenvalue weighted by Crippen LogP contribution is 2.34. The Kier molecular flexibility index (Phi) is 4.98. The summed E-state index contributed by atoms with van der Waals surface area (Å²) in [7, 11) is -1.89. The highest BCUT2D eigenvalue weighted by atomic mass is 32.2. The molecular formula is C19H28N2O4S. The summed E-state index contributed by atoms with van der Waals surface area (Å²) in [4.78, 5) is 2.78. The molecular weight excluding hydrogens is 352 g/mol. The van der Waals surface area contributed by atoms with E-state index in [1.807, 2.05) is 0 Å². The van der Waals surface area contributed by atoms with Crippen molar-refractivity contribution in [1.29, 1.82) is 0 Å². The second kappa shape index (κ2) is 7.11. The van der Waals surface area contributed by atoms with Crippen LogP contribution in [0.15, 0.2) is 17.0 Å². The van der Waals surface area contributed by atoms with Gasteiger partial charge in [-0.1, -0.05) is 0 Å². The molecule has 2 aliphatic heterocycles. The van der Waals surface area contributed by atoms with Crippen molar-refractivity contribution in [2.75, 3.05) is 26.8 Å². The van der Waals surface area contributed by atoms with Crippen molar-refractivity contribution in [3.63, 3.8) is 0 Å². The zero-order valence-corrected chi connectivity index (χ0v) is 16.3. The van der Waals surface area contributed by atoms with Gasteiger partial charge in [0.05, 0.1) is 24.7 Å².